The lowest BCUT2D eigenvalue weighted by molar-refractivity contribution is -0.139. The van der Waals surface area contributed by atoms with Gasteiger partial charge in [-0.25, -0.2) is 0 Å². The van der Waals surface area contributed by atoms with E-state index in [2.05, 4.69) is 6.92 Å². The Labute approximate surface area is 115 Å². The second-order valence-corrected chi connectivity index (χ2v) is 4.94. The van der Waals surface area contributed by atoms with Crippen LogP contribution in [0.3, 0.4) is 0 Å². The summed E-state index contributed by atoms with van der Waals surface area (Å²) in [5, 5.41) is 17.4. The van der Waals surface area contributed by atoms with Gasteiger partial charge in [-0.15, -0.1) is 0 Å². The fourth-order valence-electron chi connectivity index (χ4n) is 1.99. The highest BCUT2D eigenvalue weighted by Crippen LogP contribution is 2.13. The van der Waals surface area contributed by atoms with E-state index in [0.717, 1.165) is 12.8 Å². The lowest BCUT2D eigenvalue weighted by Crippen LogP contribution is -2.10. The average Bonchev–Trinajstić information content (AvgIpc) is 2.30. The van der Waals surface area contributed by atoms with Crippen LogP contribution in [-0.4, -0.2) is 22.2 Å². The summed E-state index contributed by atoms with van der Waals surface area (Å²) in [4.78, 5) is 21.2. The van der Waals surface area contributed by atoms with Crippen molar-refractivity contribution in [3.8, 4) is 0 Å². The monoisotopic (exact) mass is 270 g/mol. The highest BCUT2D eigenvalue weighted by molar-refractivity contribution is 5.71. The third-order valence-corrected chi connectivity index (χ3v) is 3.01. The van der Waals surface area contributed by atoms with Crippen molar-refractivity contribution >= 4 is 11.9 Å². The van der Waals surface area contributed by atoms with Crippen LogP contribution >= 0.6 is 0 Å². The fraction of sp³-hybridized carbons (Fsp3) is 0.733. The minimum atomic E-state index is -0.949. The van der Waals surface area contributed by atoms with Gasteiger partial charge in [0, 0.05) is 0 Å². The highest BCUT2D eigenvalue weighted by Gasteiger charge is 2.13. The molecule has 0 fully saturated rings. The van der Waals surface area contributed by atoms with E-state index in [-0.39, 0.29) is 12.8 Å². The third kappa shape index (κ3) is 12.9. The molecule has 4 heteroatoms. The number of carboxylic acid groups (broad SMARTS) is 2. The molecule has 2 N–H and O–H groups in total. The number of aliphatic carboxylic acids is 2. The van der Waals surface area contributed by atoms with Crippen LogP contribution < -0.4 is 0 Å². The smallest absolute Gasteiger partial charge is 0.303 e. The molecular weight excluding hydrogens is 244 g/mol. The number of hydrogen-bond donors (Lipinski definition) is 2. The quantitative estimate of drug-likeness (QED) is 0.417. The molecule has 0 aliphatic heterocycles. The topological polar surface area (TPSA) is 74.6 Å². The summed E-state index contributed by atoms with van der Waals surface area (Å²) in [5.74, 6) is -2.29. The number of allylic oxidation sites excluding steroid dienone is 2. The first-order chi connectivity index (χ1) is 9.06. The maximum atomic E-state index is 10.6. The van der Waals surface area contributed by atoms with E-state index in [1.807, 2.05) is 6.08 Å². The predicted octanol–water partition coefficient (Wildman–Crippen LogP) is 3.86. The van der Waals surface area contributed by atoms with Gasteiger partial charge in [-0.05, 0) is 18.8 Å². The van der Waals surface area contributed by atoms with E-state index in [0.29, 0.717) is 0 Å². The summed E-state index contributed by atoms with van der Waals surface area (Å²) in [5.41, 5.74) is 0. The van der Waals surface area contributed by atoms with Crippen molar-refractivity contribution in [3.05, 3.63) is 12.2 Å². The van der Waals surface area contributed by atoms with Gasteiger partial charge in [-0.3, -0.25) is 9.59 Å². The molecule has 0 bridgehead atoms. The molecule has 0 unspecified atom stereocenters. The number of carboxylic acids is 2. The van der Waals surface area contributed by atoms with Crippen molar-refractivity contribution < 1.29 is 19.8 Å². The number of unbranched alkanes of at least 4 members (excludes halogenated alkanes) is 6. The number of carbonyl (C=O) groups is 2. The Hall–Kier alpha value is -1.32. The molecule has 0 saturated carbocycles. The molecule has 0 aromatic heterocycles. The maximum Gasteiger partial charge on any atom is 0.303 e. The standard InChI is InChI=1S/C15H26O4/c1-2-3-4-5-6-7-8-9-10-13(11-14(16)17)12-15(18)19/h9-10,13H,2-8,11-12H2,1H3,(H,16,17)(H,18,19). The first kappa shape index (κ1) is 17.7. The van der Waals surface area contributed by atoms with Gasteiger partial charge in [-0.1, -0.05) is 51.2 Å². The zero-order chi connectivity index (χ0) is 14.5. The fourth-order valence-corrected chi connectivity index (χ4v) is 1.99. The molecule has 0 aromatic rings. The average molecular weight is 270 g/mol. The van der Waals surface area contributed by atoms with Gasteiger partial charge in [0.25, 0.3) is 0 Å². The molecule has 0 atom stereocenters. The Morgan fingerprint density at radius 1 is 0.947 bits per heavy atom. The summed E-state index contributed by atoms with van der Waals surface area (Å²) in [6, 6.07) is 0. The Bertz CT molecular complexity index is 268. The molecule has 0 spiro atoms. The molecule has 4 nitrogen and oxygen atoms in total. The Kier molecular flexibility index (Phi) is 10.9. The molecule has 0 heterocycles. The first-order valence-electron chi connectivity index (χ1n) is 7.16. The molecule has 110 valence electrons. The second-order valence-electron chi connectivity index (χ2n) is 4.94. The summed E-state index contributed by atoms with van der Waals surface area (Å²) in [7, 11) is 0. The number of rotatable bonds is 12. The maximum absolute atomic E-state index is 10.6. The number of hydrogen-bond acceptors (Lipinski definition) is 2. The van der Waals surface area contributed by atoms with Crippen LogP contribution in [0.25, 0.3) is 0 Å². The Morgan fingerprint density at radius 2 is 1.47 bits per heavy atom. The van der Waals surface area contributed by atoms with Gasteiger partial charge in [0.1, 0.15) is 0 Å². The van der Waals surface area contributed by atoms with Crippen molar-refractivity contribution in [3.63, 3.8) is 0 Å². The summed E-state index contributed by atoms with van der Waals surface area (Å²) in [6.45, 7) is 2.19. The normalized spacial score (nSPS) is 11.3. The molecule has 0 aliphatic rings. The molecule has 0 aromatic carbocycles. The van der Waals surface area contributed by atoms with Gasteiger partial charge in [0.05, 0.1) is 12.8 Å². The Morgan fingerprint density at radius 3 is 2.00 bits per heavy atom. The Balaban J connectivity index is 3.77. The van der Waals surface area contributed by atoms with Crippen LogP contribution in [0.15, 0.2) is 12.2 Å². The molecule has 19 heavy (non-hydrogen) atoms. The summed E-state index contributed by atoms with van der Waals surface area (Å²) < 4.78 is 0. The molecule has 0 saturated heterocycles. The van der Waals surface area contributed by atoms with Gasteiger partial charge >= 0.3 is 11.9 Å². The van der Waals surface area contributed by atoms with Gasteiger partial charge in [-0.2, -0.15) is 0 Å². The van der Waals surface area contributed by atoms with Crippen LogP contribution in [0, 0.1) is 5.92 Å². The van der Waals surface area contributed by atoms with Gasteiger partial charge in [0.15, 0.2) is 0 Å². The van der Waals surface area contributed by atoms with Crippen LogP contribution in [0.1, 0.15) is 64.7 Å². The SMILES string of the molecule is CCCCCCCCC=CC(CC(=O)O)CC(=O)O. The van der Waals surface area contributed by atoms with Crippen molar-refractivity contribution in [2.24, 2.45) is 5.92 Å². The summed E-state index contributed by atoms with van der Waals surface area (Å²) in [6.07, 6.45) is 11.7. The molecular formula is C15H26O4. The second kappa shape index (κ2) is 11.8. The molecule has 0 amide bonds. The first-order valence-corrected chi connectivity index (χ1v) is 7.16. The van der Waals surface area contributed by atoms with Crippen molar-refractivity contribution in [1.82, 2.24) is 0 Å². The van der Waals surface area contributed by atoms with Crippen molar-refractivity contribution in [2.75, 3.05) is 0 Å². The molecule has 0 aliphatic carbocycles. The minimum Gasteiger partial charge on any atom is -0.481 e. The molecule has 0 radical (unpaired) electrons. The van der Waals surface area contributed by atoms with Crippen LogP contribution in [-0.2, 0) is 9.59 Å². The van der Waals surface area contributed by atoms with Gasteiger partial charge < -0.3 is 10.2 Å². The van der Waals surface area contributed by atoms with E-state index in [1.54, 1.807) is 6.08 Å². The third-order valence-electron chi connectivity index (χ3n) is 3.01. The lowest BCUT2D eigenvalue weighted by Gasteiger charge is -2.06. The zero-order valence-electron chi connectivity index (χ0n) is 11.8. The lowest BCUT2D eigenvalue weighted by atomic mass is 10.00. The summed E-state index contributed by atoms with van der Waals surface area (Å²) >= 11 is 0. The minimum absolute atomic E-state index is 0.112. The highest BCUT2D eigenvalue weighted by atomic mass is 16.4. The molecule has 0 rings (SSSR count). The van der Waals surface area contributed by atoms with E-state index in [4.69, 9.17) is 10.2 Å². The van der Waals surface area contributed by atoms with Crippen LogP contribution in [0.5, 0.6) is 0 Å². The zero-order valence-corrected chi connectivity index (χ0v) is 11.8. The van der Waals surface area contributed by atoms with E-state index in [9.17, 15) is 9.59 Å². The van der Waals surface area contributed by atoms with Crippen LogP contribution in [0.4, 0.5) is 0 Å². The predicted molar refractivity (Wildman–Crippen MR) is 75.1 cm³/mol. The van der Waals surface area contributed by atoms with E-state index in [1.165, 1.54) is 32.1 Å². The largest absolute Gasteiger partial charge is 0.481 e. The van der Waals surface area contributed by atoms with Crippen molar-refractivity contribution in [1.29, 1.82) is 0 Å². The van der Waals surface area contributed by atoms with E-state index < -0.39 is 17.9 Å². The van der Waals surface area contributed by atoms with Gasteiger partial charge in [0.2, 0.25) is 0 Å². The van der Waals surface area contributed by atoms with Crippen LogP contribution in [0.2, 0.25) is 0 Å². The van der Waals surface area contributed by atoms with E-state index >= 15 is 0 Å². The van der Waals surface area contributed by atoms with Crippen molar-refractivity contribution in [2.45, 2.75) is 64.7 Å².